The van der Waals surface area contributed by atoms with Crippen LogP contribution in [0.15, 0.2) is 72.2 Å². The molecule has 2 atom stereocenters. The number of amides is 1. The molecule has 5 rings (SSSR count). The second-order valence-electron chi connectivity index (χ2n) is 9.99. The number of nitrogens with zero attached hydrogens (tertiary/aromatic N) is 2. The second-order valence-corrected chi connectivity index (χ2v) is 10.9. The quantitative estimate of drug-likeness (QED) is 0.305. The lowest BCUT2D eigenvalue weighted by Crippen LogP contribution is -2.38. The summed E-state index contributed by atoms with van der Waals surface area (Å²) in [5.41, 5.74) is 3.58. The minimum absolute atomic E-state index is 0.117. The zero-order valence-corrected chi connectivity index (χ0v) is 21.5. The minimum Gasteiger partial charge on any atom is -0.438 e. The molecule has 1 aliphatic rings. The summed E-state index contributed by atoms with van der Waals surface area (Å²) < 4.78 is 6.25. The normalized spacial score (nSPS) is 15.6. The van der Waals surface area contributed by atoms with E-state index in [0.717, 1.165) is 27.9 Å². The van der Waals surface area contributed by atoms with Crippen molar-refractivity contribution in [1.82, 2.24) is 9.97 Å². The molecule has 0 fully saturated rings. The lowest BCUT2D eigenvalue weighted by Gasteiger charge is -2.37. The molecule has 184 valence electrons. The zero-order chi connectivity index (χ0) is 25.4. The fourth-order valence-corrected chi connectivity index (χ4v) is 5.21. The van der Waals surface area contributed by atoms with Crippen LogP contribution in [0.4, 0.5) is 5.13 Å². The highest BCUT2D eigenvalue weighted by atomic mass is 32.1. The predicted molar refractivity (Wildman–Crippen MR) is 142 cm³/mol. The molecule has 2 aromatic heterocycles. The fourth-order valence-electron chi connectivity index (χ4n) is 4.69. The lowest BCUT2D eigenvalue weighted by molar-refractivity contribution is -0.124. The molecule has 1 aliphatic heterocycles. The summed E-state index contributed by atoms with van der Waals surface area (Å²) in [6.45, 7) is 7.88. The standard InChI is InChI=1S/C29H29N3O3S/c1-17(2)25(33)19-11-9-18(10-12-19)22-14-13-21-24(20-7-5-6-8-23(20)35-26(21)31-22)29(3,4)27(34)32-28-30-15-16-36-28/h5-17,24-25,33H,1-4H3,(H,30,32,34)/t24-,25?/m0/s1. The number of carbonyl (C=O) groups is 1. The number of anilines is 1. The van der Waals surface area contributed by atoms with Crippen LogP contribution in [0.5, 0.6) is 11.6 Å². The van der Waals surface area contributed by atoms with Gasteiger partial charge in [-0.3, -0.25) is 4.79 Å². The Balaban J connectivity index is 1.52. The molecule has 0 saturated carbocycles. The van der Waals surface area contributed by atoms with Crippen LogP contribution < -0.4 is 10.1 Å². The number of para-hydroxylation sites is 1. The molecular formula is C29H29N3O3S. The van der Waals surface area contributed by atoms with Gasteiger partial charge in [0, 0.05) is 34.2 Å². The van der Waals surface area contributed by atoms with Crippen LogP contribution in [0.2, 0.25) is 0 Å². The number of aliphatic hydroxyl groups excluding tert-OH is 1. The maximum absolute atomic E-state index is 13.4. The van der Waals surface area contributed by atoms with Crippen LogP contribution in [-0.2, 0) is 4.79 Å². The minimum atomic E-state index is -0.807. The van der Waals surface area contributed by atoms with E-state index >= 15 is 0 Å². The van der Waals surface area contributed by atoms with Crippen molar-refractivity contribution in [3.05, 3.63) is 88.9 Å². The summed E-state index contributed by atoms with van der Waals surface area (Å²) in [7, 11) is 0. The average molecular weight is 500 g/mol. The van der Waals surface area contributed by atoms with Gasteiger partial charge in [-0.15, -0.1) is 11.3 Å². The summed E-state index contributed by atoms with van der Waals surface area (Å²) in [5, 5.41) is 15.8. The van der Waals surface area contributed by atoms with Crippen LogP contribution in [0.3, 0.4) is 0 Å². The van der Waals surface area contributed by atoms with Crippen molar-refractivity contribution >= 4 is 22.4 Å². The summed E-state index contributed by atoms with van der Waals surface area (Å²) >= 11 is 1.39. The number of fused-ring (bicyclic) bond motifs is 2. The largest absolute Gasteiger partial charge is 0.438 e. The highest BCUT2D eigenvalue weighted by Gasteiger charge is 2.44. The summed E-state index contributed by atoms with van der Waals surface area (Å²) in [6, 6.07) is 19.6. The van der Waals surface area contributed by atoms with Crippen molar-refractivity contribution < 1.29 is 14.6 Å². The molecule has 1 amide bonds. The van der Waals surface area contributed by atoms with Crippen LogP contribution in [0.25, 0.3) is 11.3 Å². The van der Waals surface area contributed by atoms with Crippen LogP contribution in [0.1, 0.15) is 56.4 Å². The number of rotatable bonds is 6. The monoisotopic (exact) mass is 499 g/mol. The average Bonchev–Trinajstić information content (AvgIpc) is 3.39. The van der Waals surface area contributed by atoms with Gasteiger partial charge in [0.2, 0.25) is 11.8 Å². The van der Waals surface area contributed by atoms with Gasteiger partial charge in [0.15, 0.2) is 5.13 Å². The SMILES string of the molecule is CC(C)C(O)c1ccc(-c2ccc3c(n2)Oc2ccccc2[C@@H]3C(C)(C)C(=O)Nc2nccs2)cc1. The molecule has 3 heterocycles. The number of hydrogen-bond donors (Lipinski definition) is 2. The van der Waals surface area contributed by atoms with Crippen molar-refractivity contribution in [2.45, 2.75) is 39.7 Å². The van der Waals surface area contributed by atoms with E-state index in [1.807, 2.05) is 93.7 Å². The first-order chi connectivity index (χ1) is 17.3. The first-order valence-corrected chi connectivity index (χ1v) is 12.9. The summed E-state index contributed by atoms with van der Waals surface area (Å²) in [6.07, 6.45) is 1.17. The number of aromatic nitrogens is 2. The van der Waals surface area contributed by atoms with Crippen molar-refractivity contribution in [1.29, 1.82) is 0 Å². The van der Waals surface area contributed by atoms with Gasteiger partial charge < -0.3 is 15.2 Å². The number of pyridine rings is 1. The van der Waals surface area contributed by atoms with E-state index in [-0.39, 0.29) is 17.7 Å². The number of nitrogens with one attached hydrogen (secondary N) is 1. The number of ether oxygens (including phenoxy) is 1. The van der Waals surface area contributed by atoms with E-state index in [9.17, 15) is 9.90 Å². The third kappa shape index (κ3) is 4.40. The molecular weight excluding hydrogens is 470 g/mol. The summed E-state index contributed by atoms with van der Waals surface area (Å²) in [4.78, 5) is 22.5. The first-order valence-electron chi connectivity index (χ1n) is 12.0. The predicted octanol–water partition coefficient (Wildman–Crippen LogP) is 6.80. The van der Waals surface area contributed by atoms with E-state index in [2.05, 4.69) is 10.3 Å². The van der Waals surface area contributed by atoms with Gasteiger partial charge in [-0.2, -0.15) is 0 Å². The van der Waals surface area contributed by atoms with Gasteiger partial charge in [-0.1, -0.05) is 76.2 Å². The van der Waals surface area contributed by atoms with E-state index in [0.29, 0.717) is 16.8 Å². The number of benzene rings is 2. The van der Waals surface area contributed by atoms with Gasteiger partial charge in [-0.05, 0) is 23.6 Å². The van der Waals surface area contributed by atoms with E-state index in [1.165, 1.54) is 11.3 Å². The van der Waals surface area contributed by atoms with Crippen molar-refractivity contribution in [3.8, 4) is 22.9 Å². The molecule has 36 heavy (non-hydrogen) atoms. The Bertz CT molecular complexity index is 1380. The van der Waals surface area contributed by atoms with Crippen LogP contribution >= 0.6 is 11.3 Å². The van der Waals surface area contributed by atoms with Gasteiger partial charge in [0.25, 0.3) is 0 Å². The highest BCUT2D eigenvalue weighted by molar-refractivity contribution is 7.13. The third-order valence-electron chi connectivity index (χ3n) is 6.78. The Kier molecular flexibility index (Phi) is 6.36. The molecule has 0 bridgehead atoms. The molecule has 0 radical (unpaired) electrons. The highest BCUT2D eigenvalue weighted by Crippen LogP contribution is 2.52. The molecule has 2 N–H and O–H groups in total. The Hall–Kier alpha value is -3.55. The maximum Gasteiger partial charge on any atom is 0.232 e. The van der Waals surface area contributed by atoms with Gasteiger partial charge in [0.05, 0.1) is 17.2 Å². The topological polar surface area (TPSA) is 84.3 Å². The lowest BCUT2D eigenvalue weighted by atomic mass is 9.69. The molecule has 4 aromatic rings. The van der Waals surface area contributed by atoms with E-state index in [4.69, 9.17) is 9.72 Å². The van der Waals surface area contributed by atoms with Crippen molar-refractivity contribution in [3.63, 3.8) is 0 Å². The van der Waals surface area contributed by atoms with E-state index in [1.54, 1.807) is 6.20 Å². The second kappa shape index (κ2) is 9.48. The molecule has 7 heteroatoms. The summed E-state index contributed by atoms with van der Waals surface area (Å²) in [5.74, 6) is 0.957. The van der Waals surface area contributed by atoms with Crippen molar-refractivity contribution in [2.75, 3.05) is 5.32 Å². The number of thiazole rings is 1. The molecule has 0 saturated heterocycles. The Morgan fingerprint density at radius 3 is 2.50 bits per heavy atom. The number of carbonyl (C=O) groups excluding carboxylic acids is 1. The van der Waals surface area contributed by atoms with Crippen molar-refractivity contribution in [2.24, 2.45) is 11.3 Å². The molecule has 0 aliphatic carbocycles. The zero-order valence-electron chi connectivity index (χ0n) is 20.7. The Morgan fingerprint density at radius 2 is 1.81 bits per heavy atom. The molecule has 1 unspecified atom stereocenters. The van der Waals surface area contributed by atoms with Gasteiger partial charge in [-0.25, -0.2) is 9.97 Å². The van der Waals surface area contributed by atoms with Crippen LogP contribution in [-0.4, -0.2) is 21.0 Å². The van der Waals surface area contributed by atoms with Gasteiger partial charge >= 0.3 is 0 Å². The third-order valence-corrected chi connectivity index (χ3v) is 7.47. The van der Waals surface area contributed by atoms with Crippen LogP contribution in [0, 0.1) is 11.3 Å². The Morgan fingerprint density at radius 1 is 1.06 bits per heavy atom. The first kappa shape index (κ1) is 24.2. The maximum atomic E-state index is 13.4. The molecule has 6 nitrogen and oxygen atoms in total. The number of aliphatic hydroxyl groups is 1. The Labute approximate surface area is 215 Å². The van der Waals surface area contributed by atoms with Gasteiger partial charge in [0.1, 0.15) is 5.75 Å². The number of hydrogen-bond acceptors (Lipinski definition) is 6. The smallest absolute Gasteiger partial charge is 0.232 e. The molecule has 2 aromatic carbocycles. The van der Waals surface area contributed by atoms with E-state index < -0.39 is 11.5 Å². The molecule has 0 spiro atoms. The fraction of sp³-hybridized carbons (Fsp3) is 0.276.